The molecular formula is C24H28N2O5. The normalized spacial score (nSPS) is 18.0. The number of carbonyl (C=O) groups excluding carboxylic acids is 2. The molecule has 2 aromatic carbocycles. The summed E-state index contributed by atoms with van der Waals surface area (Å²) < 4.78 is 11.0. The van der Waals surface area contributed by atoms with Gasteiger partial charge in [0.15, 0.2) is 11.5 Å². The van der Waals surface area contributed by atoms with Crippen LogP contribution in [0, 0.1) is 0 Å². The fourth-order valence-electron chi connectivity index (χ4n) is 3.87. The van der Waals surface area contributed by atoms with Crippen molar-refractivity contribution in [2.45, 2.75) is 12.5 Å². The zero-order valence-corrected chi connectivity index (χ0v) is 18.3. The Hall–Kier alpha value is -3.32. The van der Waals surface area contributed by atoms with Crippen molar-refractivity contribution < 1.29 is 24.2 Å². The number of rotatable bonds is 8. The molecule has 1 heterocycles. The van der Waals surface area contributed by atoms with Gasteiger partial charge in [-0.3, -0.25) is 9.59 Å². The number of ether oxygens (including phenoxy) is 2. The van der Waals surface area contributed by atoms with Crippen LogP contribution < -0.4 is 9.47 Å². The number of aliphatic hydroxyl groups is 1. The third-order valence-corrected chi connectivity index (χ3v) is 5.32. The molecule has 0 spiro atoms. The maximum Gasteiger partial charge on any atom is 0.295 e. The van der Waals surface area contributed by atoms with Gasteiger partial charge >= 0.3 is 0 Å². The third kappa shape index (κ3) is 4.41. The van der Waals surface area contributed by atoms with Crippen LogP contribution in [0.4, 0.5) is 0 Å². The van der Waals surface area contributed by atoms with Gasteiger partial charge < -0.3 is 24.4 Å². The Morgan fingerprint density at radius 1 is 1.03 bits per heavy atom. The average molecular weight is 424 g/mol. The molecule has 1 atom stereocenters. The SMILES string of the molecule is COc1cccc(C2C(=C(O)c3ccccc3)C(=O)C(=O)N2CCCN(C)C)c1OC. The van der Waals surface area contributed by atoms with Crippen molar-refractivity contribution in [3.8, 4) is 11.5 Å². The molecule has 1 saturated heterocycles. The summed E-state index contributed by atoms with van der Waals surface area (Å²) in [7, 11) is 6.94. The van der Waals surface area contributed by atoms with Gasteiger partial charge in [0.05, 0.1) is 25.8 Å². The standard InChI is InChI=1S/C24H28N2O5/c1-25(2)14-9-15-26-20(17-12-8-13-18(30-3)23(17)31-4)19(22(28)24(26)29)21(27)16-10-6-5-7-11-16/h5-8,10-13,20,27H,9,14-15H2,1-4H3. The Kier molecular flexibility index (Phi) is 6.97. The topological polar surface area (TPSA) is 79.3 Å². The van der Waals surface area contributed by atoms with E-state index in [9.17, 15) is 14.7 Å². The lowest BCUT2D eigenvalue weighted by atomic mass is 9.94. The number of ketones is 1. The number of hydrogen-bond donors (Lipinski definition) is 1. The highest BCUT2D eigenvalue weighted by atomic mass is 16.5. The summed E-state index contributed by atoms with van der Waals surface area (Å²) in [6.07, 6.45) is 0.675. The number of methoxy groups -OCH3 is 2. The predicted octanol–water partition coefficient (Wildman–Crippen LogP) is 3.08. The van der Waals surface area contributed by atoms with Gasteiger partial charge in [0, 0.05) is 17.7 Å². The molecule has 1 unspecified atom stereocenters. The van der Waals surface area contributed by atoms with E-state index in [0.29, 0.717) is 35.6 Å². The molecule has 164 valence electrons. The molecule has 3 rings (SSSR count). The van der Waals surface area contributed by atoms with E-state index in [2.05, 4.69) is 0 Å². The first-order valence-electron chi connectivity index (χ1n) is 10.1. The van der Waals surface area contributed by atoms with Gasteiger partial charge in [-0.25, -0.2) is 0 Å². The van der Waals surface area contributed by atoms with Crippen LogP contribution in [0.1, 0.15) is 23.6 Å². The van der Waals surface area contributed by atoms with Gasteiger partial charge in [0.2, 0.25) is 0 Å². The average Bonchev–Trinajstić information content (AvgIpc) is 3.03. The first-order chi connectivity index (χ1) is 14.9. The van der Waals surface area contributed by atoms with Crippen molar-refractivity contribution in [3.05, 3.63) is 65.2 Å². The van der Waals surface area contributed by atoms with Crippen molar-refractivity contribution in [3.63, 3.8) is 0 Å². The fraction of sp³-hybridized carbons (Fsp3) is 0.333. The van der Waals surface area contributed by atoms with Crippen LogP contribution in [-0.2, 0) is 9.59 Å². The zero-order chi connectivity index (χ0) is 22.5. The van der Waals surface area contributed by atoms with Crippen LogP contribution in [0.3, 0.4) is 0 Å². The molecule has 1 amide bonds. The van der Waals surface area contributed by atoms with Crippen LogP contribution in [-0.4, -0.2) is 68.0 Å². The first-order valence-corrected chi connectivity index (χ1v) is 10.1. The smallest absolute Gasteiger partial charge is 0.295 e. The Morgan fingerprint density at radius 2 is 1.74 bits per heavy atom. The van der Waals surface area contributed by atoms with E-state index in [-0.39, 0.29) is 11.3 Å². The molecule has 31 heavy (non-hydrogen) atoms. The number of likely N-dealkylation sites (tertiary alicyclic amines) is 1. The minimum absolute atomic E-state index is 0.0487. The second kappa shape index (κ2) is 9.66. The fourth-order valence-corrected chi connectivity index (χ4v) is 3.87. The van der Waals surface area contributed by atoms with Crippen LogP contribution in [0.15, 0.2) is 54.1 Å². The van der Waals surface area contributed by atoms with Gasteiger partial charge in [-0.1, -0.05) is 42.5 Å². The van der Waals surface area contributed by atoms with E-state index < -0.39 is 17.7 Å². The van der Waals surface area contributed by atoms with E-state index >= 15 is 0 Å². The summed E-state index contributed by atoms with van der Waals surface area (Å²) in [5.74, 6) is -0.636. The monoisotopic (exact) mass is 424 g/mol. The molecule has 0 aliphatic carbocycles. The van der Waals surface area contributed by atoms with Crippen LogP contribution in [0.25, 0.3) is 5.76 Å². The number of carbonyl (C=O) groups is 2. The first kappa shape index (κ1) is 22.4. The van der Waals surface area contributed by atoms with E-state index in [1.807, 2.05) is 25.1 Å². The number of para-hydroxylation sites is 1. The molecule has 0 radical (unpaired) electrons. The highest BCUT2D eigenvalue weighted by Crippen LogP contribution is 2.45. The van der Waals surface area contributed by atoms with E-state index in [1.54, 1.807) is 42.5 Å². The Bertz CT molecular complexity index is 985. The Balaban J connectivity index is 2.18. The van der Waals surface area contributed by atoms with Gasteiger partial charge in [-0.05, 0) is 33.1 Å². The van der Waals surface area contributed by atoms with Gasteiger partial charge in [-0.15, -0.1) is 0 Å². The minimum Gasteiger partial charge on any atom is -0.507 e. The maximum absolute atomic E-state index is 13.1. The molecule has 1 aliphatic rings. The molecule has 1 aliphatic heterocycles. The second-order valence-electron chi connectivity index (χ2n) is 7.60. The number of amides is 1. The molecule has 2 aromatic rings. The largest absolute Gasteiger partial charge is 0.507 e. The lowest BCUT2D eigenvalue weighted by Gasteiger charge is -2.27. The number of aliphatic hydroxyl groups excluding tert-OH is 1. The van der Waals surface area contributed by atoms with Crippen molar-refractivity contribution in [2.75, 3.05) is 41.4 Å². The molecule has 0 aromatic heterocycles. The quantitative estimate of drug-likeness (QED) is 0.399. The molecule has 0 bridgehead atoms. The number of nitrogens with zero attached hydrogens (tertiary/aromatic N) is 2. The Labute approximate surface area is 182 Å². The van der Waals surface area contributed by atoms with Crippen LogP contribution >= 0.6 is 0 Å². The second-order valence-corrected chi connectivity index (χ2v) is 7.60. The summed E-state index contributed by atoms with van der Waals surface area (Å²) in [5.41, 5.74) is 1.11. The van der Waals surface area contributed by atoms with Crippen molar-refractivity contribution >= 4 is 17.4 Å². The van der Waals surface area contributed by atoms with Crippen LogP contribution in [0.5, 0.6) is 11.5 Å². The molecular weight excluding hydrogens is 396 g/mol. The zero-order valence-electron chi connectivity index (χ0n) is 18.3. The molecule has 0 saturated carbocycles. The lowest BCUT2D eigenvalue weighted by molar-refractivity contribution is -0.140. The summed E-state index contributed by atoms with van der Waals surface area (Å²) >= 11 is 0. The van der Waals surface area contributed by atoms with Crippen LogP contribution in [0.2, 0.25) is 0 Å². The van der Waals surface area contributed by atoms with Crippen molar-refractivity contribution in [1.29, 1.82) is 0 Å². The van der Waals surface area contributed by atoms with Gasteiger partial charge in [-0.2, -0.15) is 0 Å². The molecule has 7 nitrogen and oxygen atoms in total. The van der Waals surface area contributed by atoms with E-state index in [4.69, 9.17) is 9.47 Å². The maximum atomic E-state index is 13.1. The molecule has 1 N–H and O–H groups in total. The highest BCUT2D eigenvalue weighted by Gasteiger charge is 2.47. The van der Waals surface area contributed by atoms with E-state index in [0.717, 1.165) is 6.54 Å². The summed E-state index contributed by atoms with van der Waals surface area (Å²) in [6.45, 7) is 1.11. The van der Waals surface area contributed by atoms with Gasteiger partial charge in [0.25, 0.3) is 11.7 Å². The number of Topliss-reactive ketones (excluding diaryl/α,β-unsaturated/α-hetero) is 1. The van der Waals surface area contributed by atoms with E-state index in [1.165, 1.54) is 19.1 Å². The summed E-state index contributed by atoms with van der Waals surface area (Å²) in [4.78, 5) is 29.6. The molecule has 1 fully saturated rings. The molecule has 7 heteroatoms. The summed E-state index contributed by atoms with van der Waals surface area (Å²) in [6, 6.07) is 13.3. The number of hydrogen-bond acceptors (Lipinski definition) is 6. The van der Waals surface area contributed by atoms with Crippen molar-refractivity contribution in [2.24, 2.45) is 0 Å². The van der Waals surface area contributed by atoms with Crippen molar-refractivity contribution in [1.82, 2.24) is 9.80 Å². The lowest BCUT2D eigenvalue weighted by Crippen LogP contribution is -2.32. The Morgan fingerprint density at radius 3 is 2.35 bits per heavy atom. The minimum atomic E-state index is -0.785. The third-order valence-electron chi connectivity index (χ3n) is 5.32. The number of benzene rings is 2. The highest BCUT2D eigenvalue weighted by molar-refractivity contribution is 6.46. The summed E-state index contributed by atoms with van der Waals surface area (Å²) in [5, 5.41) is 11.1. The predicted molar refractivity (Wildman–Crippen MR) is 118 cm³/mol. The van der Waals surface area contributed by atoms with Gasteiger partial charge in [0.1, 0.15) is 5.76 Å².